The van der Waals surface area contributed by atoms with Gasteiger partial charge in [-0.05, 0) is 87.7 Å². The molecule has 1 amide bonds. The number of carbonyl (C=O) groups is 5. The lowest BCUT2D eigenvalue weighted by Crippen LogP contribution is -2.61. The molecule has 0 aromatic carbocycles. The van der Waals surface area contributed by atoms with E-state index in [0.717, 1.165) is 32.1 Å². The van der Waals surface area contributed by atoms with Crippen molar-refractivity contribution >= 4 is 29.2 Å². The number of amides is 1. The van der Waals surface area contributed by atoms with Crippen LogP contribution in [0.3, 0.4) is 0 Å². The summed E-state index contributed by atoms with van der Waals surface area (Å²) in [5.74, 6) is -6.78. The first-order chi connectivity index (χ1) is 27.9. The van der Waals surface area contributed by atoms with E-state index in [9.17, 15) is 39.3 Å². The smallest absolute Gasteiger partial charge is 0.329 e. The maximum atomic E-state index is 14.2. The average Bonchev–Trinajstić information content (AvgIpc) is 3.20. The second-order valence-electron chi connectivity index (χ2n) is 18.5. The molecule has 3 aliphatic heterocycles. The molecular formula is C48H73NO10. The number of aliphatic hydroxyl groups is 3. The van der Waals surface area contributed by atoms with Crippen LogP contribution in [0.25, 0.3) is 0 Å². The Kier molecular flexibility index (Phi) is 18.5. The van der Waals surface area contributed by atoms with Gasteiger partial charge in [-0.25, -0.2) is 4.79 Å². The summed E-state index contributed by atoms with van der Waals surface area (Å²) >= 11 is 0. The van der Waals surface area contributed by atoms with Gasteiger partial charge in [0.2, 0.25) is 5.79 Å². The fourth-order valence-electron chi connectivity index (χ4n) is 9.27. The number of aliphatic hydroxyl groups excluding tert-OH is 2. The summed E-state index contributed by atoms with van der Waals surface area (Å²) in [7, 11) is 0. The summed E-state index contributed by atoms with van der Waals surface area (Å²) in [5, 5.41) is 33.9. The van der Waals surface area contributed by atoms with E-state index in [1.165, 1.54) is 11.3 Å². The van der Waals surface area contributed by atoms with E-state index < -0.39 is 65.7 Å². The minimum absolute atomic E-state index is 0.0624. The van der Waals surface area contributed by atoms with Crippen molar-refractivity contribution in [1.82, 2.24) is 4.90 Å². The number of Topliss-reactive ketones (excluding diaryl/α,β-unsaturated/α-hetero) is 3. The molecular weight excluding hydrogens is 751 g/mol. The molecule has 11 atom stereocenters. The van der Waals surface area contributed by atoms with Crippen LogP contribution in [-0.4, -0.2) is 92.2 Å². The molecule has 0 spiro atoms. The Bertz CT molecular complexity index is 1590. The predicted octanol–water partition coefficient (Wildman–Crippen LogP) is 7.31. The van der Waals surface area contributed by atoms with Crippen molar-refractivity contribution in [3.05, 3.63) is 47.6 Å². The molecule has 3 fully saturated rings. The SMILES string of the molecule is C/C1=C\[C@@H](C)C(=O)C[C@@H]([C@H](C)CC2CCCCC2)OC(=O)[C@@H]2CCCCN2C(=O)C(=O)[C@]2(O)O[C@@H](CC[C@H]2C)C[C@H](O)/C(C)=C/C=C/C=C/[C@@H](C)C[C@@H](C)C(=O)C[C@@H]1O. The van der Waals surface area contributed by atoms with E-state index in [-0.39, 0.29) is 61.5 Å². The van der Waals surface area contributed by atoms with Crippen molar-refractivity contribution in [3.8, 4) is 0 Å². The van der Waals surface area contributed by atoms with Crippen LogP contribution in [0, 0.1) is 35.5 Å². The van der Waals surface area contributed by atoms with Crippen LogP contribution in [0.4, 0.5) is 0 Å². The van der Waals surface area contributed by atoms with Crippen molar-refractivity contribution < 1.29 is 48.8 Å². The third-order valence-corrected chi connectivity index (χ3v) is 13.5. The van der Waals surface area contributed by atoms with Gasteiger partial charge in [0.1, 0.15) is 23.7 Å². The zero-order valence-electron chi connectivity index (χ0n) is 36.8. The summed E-state index contributed by atoms with van der Waals surface area (Å²) in [4.78, 5) is 70.5. The van der Waals surface area contributed by atoms with Gasteiger partial charge >= 0.3 is 5.97 Å². The second kappa shape index (κ2) is 22.6. The van der Waals surface area contributed by atoms with Crippen LogP contribution in [0.2, 0.25) is 0 Å². The maximum absolute atomic E-state index is 14.2. The Hall–Kier alpha value is -3.25. The predicted molar refractivity (Wildman–Crippen MR) is 227 cm³/mol. The largest absolute Gasteiger partial charge is 0.460 e. The highest BCUT2D eigenvalue weighted by Gasteiger charge is 2.53. The Morgan fingerprint density at radius 3 is 2.20 bits per heavy atom. The molecule has 330 valence electrons. The number of piperidine rings is 1. The van der Waals surface area contributed by atoms with Crippen LogP contribution in [0.1, 0.15) is 145 Å². The van der Waals surface area contributed by atoms with Crippen molar-refractivity contribution in [2.45, 2.75) is 181 Å². The Labute approximate surface area is 352 Å². The number of cyclic esters (lactones) is 1. The molecule has 2 bridgehead atoms. The topological polar surface area (TPSA) is 168 Å². The number of fused-ring (bicyclic) bond motifs is 3. The van der Waals surface area contributed by atoms with E-state index in [0.29, 0.717) is 49.2 Å². The Morgan fingerprint density at radius 1 is 0.797 bits per heavy atom. The average molecular weight is 824 g/mol. The normalized spacial score (nSPS) is 38.6. The number of allylic oxidation sites excluding steroid dienone is 6. The molecule has 4 aliphatic rings. The van der Waals surface area contributed by atoms with Crippen molar-refractivity contribution in [2.75, 3.05) is 6.54 Å². The summed E-state index contributed by atoms with van der Waals surface area (Å²) in [6.45, 7) is 12.9. The first-order valence-electron chi connectivity index (χ1n) is 22.5. The zero-order chi connectivity index (χ0) is 43.4. The maximum Gasteiger partial charge on any atom is 0.329 e. The van der Waals surface area contributed by atoms with Gasteiger partial charge in [-0.2, -0.15) is 0 Å². The van der Waals surface area contributed by atoms with Crippen LogP contribution in [-0.2, 0) is 33.4 Å². The standard InChI is InChI=1S/C48H73NO10/c1-30-16-10-8-11-17-31(2)40(50)27-38-22-21-36(7)48(57,59-38)45(54)46(55)49-23-15-14-20-39(49)47(56)58-44(35(6)26-37-18-12-9-13-19-37)29-43(53)34(5)25-33(4)42(52)28-41(51)32(3)24-30/h8,10-11,16-17,25,30,32,34-40,42,44,50,52,57H,9,12-15,18-24,26-29H2,1-7H3/b11-8+,16-10+,31-17+,33-25+/t30-,32-,34-,35-,36-,38+,39+,40+,42+,44+,48-/m1/s1. The molecule has 0 radical (unpaired) electrons. The summed E-state index contributed by atoms with van der Waals surface area (Å²) in [5.41, 5.74) is 1.18. The fourth-order valence-corrected chi connectivity index (χ4v) is 9.27. The third kappa shape index (κ3) is 13.6. The number of hydrogen-bond acceptors (Lipinski definition) is 10. The van der Waals surface area contributed by atoms with E-state index in [2.05, 4.69) is 0 Å². The molecule has 2 saturated heterocycles. The van der Waals surface area contributed by atoms with Crippen molar-refractivity contribution in [3.63, 3.8) is 0 Å². The molecule has 0 aromatic heterocycles. The number of esters is 1. The quantitative estimate of drug-likeness (QED) is 0.149. The number of nitrogens with zero attached hydrogens (tertiary/aromatic N) is 1. The molecule has 3 heterocycles. The molecule has 4 rings (SSSR count). The molecule has 0 unspecified atom stereocenters. The number of hydrogen-bond donors (Lipinski definition) is 3. The van der Waals surface area contributed by atoms with E-state index in [4.69, 9.17) is 9.47 Å². The van der Waals surface area contributed by atoms with Crippen LogP contribution in [0.5, 0.6) is 0 Å². The zero-order valence-corrected chi connectivity index (χ0v) is 36.8. The van der Waals surface area contributed by atoms with Gasteiger partial charge in [0.05, 0.1) is 18.3 Å². The van der Waals surface area contributed by atoms with E-state index in [1.807, 2.05) is 39.0 Å². The van der Waals surface area contributed by atoms with Gasteiger partial charge in [0.15, 0.2) is 0 Å². The minimum atomic E-state index is -2.44. The molecule has 3 N–H and O–H groups in total. The van der Waals surface area contributed by atoms with Gasteiger partial charge in [0, 0.05) is 43.6 Å². The highest BCUT2D eigenvalue weighted by Crippen LogP contribution is 2.37. The van der Waals surface area contributed by atoms with Gasteiger partial charge in [-0.1, -0.05) is 103 Å². The summed E-state index contributed by atoms with van der Waals surface area (Å²) in [6, 6.07) is -1.08. The highest BCUT2D eigenvalue weighted by atomic mass is 16.6. The third-order valence-electron chi connectivity index (χ3n) is 13.5. The number of ketones is 3. The van der Waals surface area contributed by atoms with Gasteiger partial charge in [-0.3, -0.25) is 19.2 Å². The van der Waals surface area contributed by atoms with Gasteiger partial charge in [-0.15, -0.1) is 0 Å². The van der Waals surface area contributed by atoms with E-state index >= 15 is 0 Å². The van der Waals surface area contributed by atoms with Crippen LogP contribution in [0.15, 0.2) is 47.6 Å². The molecule has 11 heteroatoms. The number of ether oxygens (including phenoxy) is 2. The summed E-state index contributed by atoms with van der Waals surface area (Å²) in [6.07, 6.45) is 16.8. The minimum Gasteiger partial charge on any atom is -0.460 e. The lowest BCUT2D eigenvalue weighted by atomic mass is 9.80. The lowest BCUT2D eigenvalue weighted by molar-refractivity contribution is -0.265. The van der Waals surface area contributed by atoms with Gasteiger partial charge in [0.25, 0.3) is 11.7 Å². The van der Waals surface area contributed by atoms with Crippen LogP contribution >= 0.6 is 0 Å². The first-order valence-corrected chi connectivity index (χ1v) is 22.5. The molecule has 11 nitrogen and oxygen atoms in total. The molecule has 59 heavy (non-hydrogen) atoms. The lowest BCUT2D eigenvalue weighted by Gasteiger charge is -2.42. The molecule has 0 aromatic rings. The highest BCUT2D eigenvalue weighted by molar-refractivity contribution is 6.39. The monoisotopic (exact) mass is 824 g/mol. The summed E-state index contributed by atoms with van der Waals surface area (Å²) < 4.78 is 12.2. The van der Waals surface area contributed by atoms with E-state index in [1.54, 1.807) is 45.9 Å². The number of rotatable bonds is 3. The second-order valence-corrected chi connectivity index (χ2v) is 18.5. The van der Waals surface area contributed by atoms with Crippen LogP contribution < -0.4 is 0 Å². The molecule has 1 aliphatic carbocycles. The fraction of sp³-hybridized carbons (Fsp3) is 0.729. The Morgan fingerprint density at radius 2 is 1.49 bits per heavy atom. The first kappa shape index (κ1) is 48.4. The molecule has 1 saturated carbocycles. The van der Waals surface area contributed by atoms with Crippen molar-refractivity contribution in [1.29, 1.82) is 0 Å². The van der Waals surface area contributed by atoms with Crippen molar-refractivity contribution in [2.24, 2.45) is 35.5 Å². The number of carbonyl (C=O) groups excluding carboxylic acids is 5. The Balaban J connectivity index is 1.64. The van der Waals surface area contributed by atoms with Gasteiger partial charge < -0.3 is 29.7 Å².